The lowest BCUT2D eigenvalue weighted by Crippen LogP contribution is -2.00. The molecule has 0 amide bonds. The second kappa shape index (κ2) is 5.73. The van der Waals surface area contributed by atoms with Crippen LogP contribution in [0.25, 0.3) is 0 Å². The Bertz CT molecular complexity index is 632. The van der Waals surface area contributed by atoms with Gasteiger partial charge in [-0.25, -0.2) is 13.2 Å². The lowest BCUT2D eigenvalue weighted by atomic mass is 10.2. The zero-order valence-corrected chi connectivity index (χ0v) is 10.7. The van der Waals surface area contributed by atoms with E-state index in [-0.39, 0.29) is 5.69 Å². The van der Waals surface area contributed by atoms with Gasteiger partial charge in [-0.15, -0.1) is 0 Å². The average molecular weight is 282 g/mol. The van der Waals surface area contributed by atoms with Crippen LogP contribution in [0.15, 0.2) is 30.3 Å². The Morgan fingerprint density at radius 2 is 1.90 bits per heavy atom. The SMILES string of the molecule is CCOc1cc(Nc2cc(F)cc(F)c2F)ccc1N. The zero-order chi connectivity index (χ0) is 14.7. The van der Waals surface area contributed by atoms with Crippen molar-refractivity contribution in [3.63, 3.8) is 0 Å². The van der Waals surface area contributed by atoms with Gasteiger partial charge in [0.2, 0.25) is 0 Å². The summed E-state index contributed by atoms with van der Waals surface area (Å²) < 4.78 is 45.0. The summed E-state index contributed by atoms with van der Waals surface area (Å²) in [5.41, 5.74) is 6.23. The van der Waals surface area contributed by atoms with Crippen LogP contribution in [0.1, 0.15) is 6.92 Å². The van der Waals surface area contributed by atoms with Crippen LogP contribution < -0.4 is 15.8 Å². The standard InChI is InChI=1S/C14H13F3N2O/c1-2-20-13-7-9(3-4-11(13)18)19-12-6-8(15)5-10(16)14(12)17/h3-7,19H,2,18H2,1H3. The van der Waals surface area contributed by atoms with Gasteiger partial charge in [-0.1, -0.05) is 0 Å². The Hall–Kier alpha value is -2.37. The molecule has 3 N–H and O–H groups in total. The first-order chi connectivity index (χ1) is 9.51. The smallest absolute Gasteiger partial charge is 0.182 e. The van der Waals surface area contributed by atoms with E-state index in [0.717, 1.165) is 6.07 Å². The maximum atomic E-state index is 13.5. The summed E-state index contributed by atoms with van der Waals surface area (Å²) in [6.07, 6.45) is 0. The van der Waals surface area contributed by atoms with E-state index in [9.17, 15) is 13.2 Å². The Kier molecular flexibility index (Phi) is 4.02. The van der Waals surface area contributed by atoms with Gasteiger partial charge in [0.05, 0.1) is 18.0 Å². The molecule has 0 saturated carbocycles. The fraction of sp³-hybridized carbons (Fsp3) is 0.143. The van der Waals surface area contributed by atoms with Crippen molar-refractivity contribution in [1.82, 2.24) is 0 Å². The van der Waals surface area contributed by atoms with Crippen molar-refractivity contribution in [3.05, 3.63) is 47.8 Å². The van der Waals surface area contributed by atoms with E-state index in [1.807, 2.05) is 0 Å². The van der Waals surface area contributed by atoms with Gasteiger partial charge < -0.3 is 15.8 Å². The van der Waals surface area contributed by atoms with E-state index in [1.165, 1.54) is 6.07 Å². The second-order valence-corrected chi connectivity index (χ2v) is 4.06. The number of hydrogen-bond donors (Lipinski definition) is 2. The molecule has 0 aliphatic heterocycles. The molecule has 0 atom stereocenters. The molecule has 0 saturated heterocycles. The Morgan fingerprint density at radius 1 is 1.15 bits per heavy atom. The molecule has 0 bridgehead atoms. The van der Waals surface area contributed by atoms with E-state index >= 15 is 0 Å². The van der Waals surface area contributed by atoms with Gasteiger partial charge in [-0.3, -0.25) is 0 Å². The molecule has 0 fully saturated rings. The van der Waals surface area contributed by atoms with E-state index < -0.39 is 17.5 Å². The normalized spacial score (nSPS) is 10.4. The number of nitrogens with two attached hydrogens (primary N) is 1. The molecule has 2 rings (SSSR count). The molecule has 3 nitrogen and oxygen atoms in total. The Balaban J connectivity index is 2.33. The lowest BCUT2D eigenvalue weighted by molar-refractivity contribution is 0.342. The number of benzene rings is 2. The summed E-state index contributed by atoms with van der Waals surface area (Å²) in [5.74, 6) is -2.86. The molecular weight excluding hydrogens is 269 g/mol. The third-order valence-electron chi connectivity index (χ3n) is 2.59. The molecule has 2 aromatic rings. The van der Waals surface area contributed by atoms with Gasteiger partial charge in [0, 0.05) is 23.9 Å². The first-order valence-electron chi connectivity index (χ1n) is 5.95. The summed E-state index contributed by atoms with van der Waals surface area (Å²) in [6, 6.07) is 5.99. The third kappa shape index (κ3) is 2.96. The van der Waals surface area contributed by atoms with Crippen molar-refractivity contribution in [3.8, 4) is 5.75 Å². The van der Waals surface area contributed by atoms with Crippen molar-refractivity contribution < 1.29 is 17.9 Å². The van der Waals surface area contributed by atoms with Crippen molar-refractivity contribution in [2.24, 2.45) is 0 Å². The molecule has 6 heteroatoms. The fourth-order valence-electron chi connectivity index (χ4n) is 1.70. The van der Waals surface area contributed by atoms with Crippen molar-refractivity contribution >= 4 is 17.1 Å². The van der Waals surface area contributed by atoms with Gasteiger partial charge in [0.1, 0.15) is 11.6 Å². The highest BCUT2D eigenvalue weighted by Crippen LogP contribution is 2.29. The number of nitrogen functional groups attached to an aromatic ring is 1. The van der Waals surface area contributed by atoms with E-state index in [1.54, 1.807) is 19.1 Å². The summed E-state index contributed by atoms with van der Waals surface area (Å²) >= 11 is 0. The van der Waals surface area contributed by atoms with Crippen LogP contribution in [0.4, 0.5) is 30.2 Å². The number of rotatable bonds is 4. The first kappa shape index (κ1) is 14.0. The van der Waals surface area contributed by atoms with E-state index in [2.05, 4.69) is 5.32 Å². The summed E-state index contributed by atoms with van der Waals surface area (Å²) in [6.45, 7) is 2.21. The molecular formula is C14H13F3N2O. The summed E-state index contributed by atoms with van der Waals surface area (Å²) in [7, 11) is 0. The minimum atomic E-state index is -1.26. The highest BCUT2D eigenvalue weighted by molar-refractivity contribution is 5.67. The molecule has 0 aliphatic rings. The minimum Gasteiger partial charge on any atom is -0.492 e. The molecule has 0 unspecified atom stereocenters. The number of anilines is 3. The number of nitrogens with one attached hydrogen (secondary N) is 1. The second-order valence-electron chi connectivity index (χ2n) is 4.06. The van der Waals surface area contributed by atoms with Gasteiger partial charge >= 0.3 is 0 Å². The largest absolute Gasteiger partial charge is 0.492 e. The first-order valence-corrected chi connectivity index (χ1v) is 5.95. The molecule has 0 aromatic heterocycles. The average Bonchev–Trinajstić information content (AvgIpc) is 2.39. The Labute approximate surface area is 114 Å². The van der Waals surface area contributed by atoms with Crippen molar-refractivity contribution in [2.75, 3.05) is 17.7 Å². The topological polar surface area (TPSA) is 47.3 Å². The van der Waals surface area contributed by atoms with Crippen LogP contribution in [0.3, 0.4) is 0 Å². The number of hydrogen-bond acceptors (Lipinski definition) is 3. The summed E-state index contributed by atoms with van der Waals surface area (Å²) in [4.78, 5) is 0. The van der Waals surface area contributed by atoms with Crippen LogP contribution in [-0.4, -0.2) is 6.61 Å². The maximum absolute atomic E-state index is 13.5. The van der Waals surface area contributed by atoms with Gasteiger partial charge in [-0.05, 0) is 19.1 Å². The van der Waals surface area contributed by atoms with Crippen molar-refractivity contribution in [1.29, 1.82) is 0 Å². The Morgan fingerprint density at radius 3 is 2.60 bits per heavy atom. The van der Waals surface area contributed by atoms with Crippen LogP contribution >= 0.6 is 0 Å². The minimum absolute atomic E-state index is 0.297. The number of halogens is 3. The van der Waals surface area contributed by atoms with Crippen molar-refractivity contribution in [2.45, 2.75) is 6.92 Å². The monoisotopic (exact) mass is 282 g/mol. The van der Waals surface area contributed by atoms with Crippen LogP contribution in [0.5, 0.6) is 5.75 Å². The quantitative estimate of drug-likeness (QED) is 0.662. The highest BCUT2D eigenvalue weighted by Gasteiger charge is 2.12. The zero-order valence-electron chi connectivity index (χ0n) is 10.7. The van der Waals surface area contributed by atoms with Crippen LogP contribution in [0.2, 0.25) is 0 Å². The molecule has 106 valence electrons. The molecule has 0 heterocycles. The predicted octanol–water partition coefficient (Wildman–Crippen LogP) is 3.83. The van der Waals surface area contributed by atoms with Gasteiger partial charge in [0.15, 0.2) is 11.6 Å². The molecule has 0 aliphatic carbocycles. The van der Waals surface area contributed by atoms with Gasteiger partial charge in [-0.2, -0.15) is 0 Å². The molecule has 0 spiro atoms. The third-order valence-corrected chi connectivity index (χ3v) is 2.59. The van der Waals surface area contributed by atoms with E-state index in [0.29, 0.717) is 29.8 Å². The van der Waals surface area contributed by atoms with Crippen LogP contribution in [0, 0.1) is 17.5 Å². The summed E-state index contributed by atoms with van der Waals surface area (Å²) in [5, 5.41) is 2.59. The van der Waals surface area contributed by atoms with Gasteiger partial charge in [0.25, 0.3) is 0 Å². The molecule has 20 heavy (non-hydrogen) atoms. The maximum Gasteiger partial charge on any atom is 0.182 e. The fourth-order valence-corrected chi connectivity index (χ4v) is 1.70. The molecule has 2 aromatic carbocycles. The predicted molar refractivity (Wildman–Crippen MR) is 71.6 cm³/mol. The van der Waals surface area contributed by atoms with E-state index in [4.69, 9.17) is 10.5 Å². The number of ether oxygens (including phenoxy) is 1. The van der Waals surface area contributed by atoms with Crippen LogP contribution in [-0.2, 0) is 0 Å². The highest BCUT2D eigenvalue weighted by atomic mass is 19.2. The molecule has 0 radical (unpaired) electrons. The lowest BCUT2D eigenvalue weighted by Gasteiger charge is -2.12.